The quantitative estimate of drug-likeness (QED) is 0.677. The van der Waals surface area contributed by atoms with Crippen molar-refractivity contribution in [1.82, 2.24) is 0 Å². The zero-order valence-corrected chi connectivity index (χ0v) is 17.2. The molecule has 3 aromatic carbocycles. The Balaban J connectivity index is 1.61. The minimum Gasteiger partial charge on any atom is -0.312 e. The summed E-state index contributed by atoms with van der Waals surface area (Å²) in [6.45, 7) is 2.51. The Kier molecular flexibility index (Phi) is 5.28. The van der Waals surface area contributed by atoms with Gasteiger partial charge in [-0.25, -0.2) is 8.42 Å². The SMILES string of the molecule is CCC(=O)N1CCCc2ccc(NS(=O)(=O)Cc3cccc4ccccc34)cc21. The molecule has 29 heavy (non-hydrogen) atoms. The van der Waals surface area contributed by atoms with Crippen molar-refractivity contribution in [3.8, 4) is 0 Å². The van der Waals surface area contributed by atoms with Gasteiger partial charge in [-0.05, 0) is 46.9 Å². The highest BCUT2D eigenvalue weighted by Crippen LogP contribution is 2.31. The summed E-state index contributed by atoms with van der Waals surface area (Å²) in [4.78, 5) is 14.0. The van der Waals surface area contributed by atoms with Gasteiger partial charge in [-0.2, -0.15) is 0 Å². The molecule has 150 valence electrons. The van der Waals surface area contributed by atoms with E-state index < -0.39 is 10.0 Å². The van der Waals surface area contributed by atoms with Crippen LogP contribution in [0.15, 0.2) is 60.7 Å². The van der Waals surface area contributed by atoms with Crippen molar-refractivity contribution in [2.24, 2.45) is 0 Å². The first-order chi connectivity index (χ1) is 14.0. The molecule has 0 aromatic heterocycles. The molecule has 0 unspecified atom stereocenters. The summed E-state index contributed by atoms with van der Waals surface area (Å²) in [5.74, 6) is -0.0510. The van der Waals surface area contributed by atoms with Crippen molar-refractivity contribution in [1.29, 1.82) is 0 Å². The van der Waals surface area contributed by atoms with Gasteiger partial charge in [0.15, 0.2) is 0 Å². The highest BCUT2D eigenvalue weighted by atomic mass is 32.2. The number of sulfonamides is 1. The number of nitrogens with zero attached hydrogens (tertiary/aromatic N) is 1. The summed E-state index contributed by atoms with van der Waals surface area (Å²) in [5, 5.41) is 1.95. The molecule has 5 nitrogen and oxygen atoms in total. The van der Waals surface area contributed by atoms with E-state index in [4.69, 9.17) is 0 Å². The van der Waals surface area contributed by atoms with Crippen LogP contribution in [0.1, 0.15) is 30.9 Å². The van der Waals surface area contributed by atoms with Crippen LogP contribution in [0.25, 0.3) is 10.8 Å². The first kappa shape index (κ1) is 19.5. The smallest absolute Gasteiger partial charge is 0.236 e. The van der Waals surface area contributed by atoms with E-state index in [0.29, 0.717) is 18.7 Å². The van der Waals surface area contributed by atoms with Crippen LogP contribution in [0.5, 0.6) is 0 Å². The minimum atomic E-state index is -3.60. The average molecular weight is 409 g/mol. The predicted octanol–water partition coefficient (Wildman–Crippen LogP) is 4.47. The summed E-state index contributed by atoms with van der Waals surface area (Å²) in [6, 6.07) is 18.9. The Morgan fingerprint density at radius 1 is 1.07 bits per heavy atom. The second kappa shape index (κ2) is 7.87. The first-order valence-corrected chi connectivity index (χ1v) is 11.5. The average Bonchev–Trinajstić information content (AvgIpc) is 2.72. The van der Waals surface area contributed by atoms with Crippen LogP contribution >= 0.6 is 0 Å². The van der Waals surface area contributed by atoms with E-state index in [1.807, 2.05) is 55.5 Å². The molecule has 0 atom stereocenters. The van der Waals surface area contributed by atoms with Gasteiger partial charge < -0.3 is 4.90 Å². The maximum Gasteiger partial charge on any atom is 0.236 e. The van der Waals surface area contributed by atoms with Gasteiger partial charge in [0.1, 0.15) is 0 Å². The Morgan fingerprint density at radius 2 is 1.86 bits per heavy atom. The maximum atomic E-state index is 12.9. The minimum absolute atomic E-state index is 0.0571. The molecule has 1 heterocycles. The molecular weight excluding hydrogens is 384 g/mol. The number of amides is 1. The first-order valence-electron chi connectivity index (χ1n) is 9.87. The van der Waals surface area contributed by atoms with Gasteiger partial charge in [-0.3, -0.25) is 9.52 Å². The molecule has 3 aromatic rings. The third-order valence-electron chi connectivity index (χ3n) is 5.31. The largest absolute Gasteiger partial charge is 0.312 e. The lowest BCUT2D eigenvalue weighted by Gasteiger charge is -2.30. The van der Waals surface area contributed by atoms with Crippen LogP contribution in [-0.2, 0) is 27.0 Å². The second-order valence-electron chi connectivity index (χ2n) is 7.35. The third-order valence-corrected chi connectivity index (χ3v) is 6.54. The van der Waals surface area contributed by atoms with Crippen molar-refractivity contribution >= 4 is 38.1 Å². The number of rotatable bonds is 5. The molecule has 0 bridgehead atoms. The van der Waals surface area contributed by atoms with Crippen molar-refractivity contribution < 1.29 is 13.2 Å². The van der Waals surface area contributed by atoms with E-state index in [0.717, 1.165) is 40.4 Å². The monoisotopic (exact) mass is 408 g/mol. The summed E-state index contributed by atoms with van der Waals surface area (Å²) in [6.07, 6.45) is 2.24. The fourth-order valence-corrected chi connectivity index (χ4v) is 5.15. The number of carbonyl (C=O) groups excluding carboxylic acids is 1. The summed E-state index contributed by atoms with van der Waals surface area (Å²) in [5.41, 5.74) is 3.14. The van der Waals surface area contributed by atoms with Crippen LogP contribution in [-0.4, -0.2) is 20.9 Å². The molecule has 1 N–H and O–H groups in total. The van der Waals surface area contributed by atoms with Crippen LogP contribution in [0.2, 0.25) is 0 Å². The maximum absolute atomic E-state index is 12.9. The third kappa shape index (κ3) is 4.12. The molecule has 0 radical (unpaired) electrons. The topological polar surface area (TPSA) is 66.5 Å². The molecule has 1 aliphatic heterocycles. The summed E-state index contributed by atoms with van der Waals surface area (Å²) < 4.78 is 28.4. The number of carbonyl (C=O) groups is 1. The molecular formula is C23H24N2O3S. The number of nitrogens with one attached hydrogen (secondary N) is 1. The number of hydrogen-bond donors (Lipinski definition) is 1. The van der Waals surface area contributed by atoms with Gasteiger partial charge in [0.2, 0.25) is 15.9 Å². The van der Waals surface area contributed by atoms with Crippen LogP contribution in [0.4, 0.5) is 11.4 Å². The predicted molar refractivity (Wildman–Crippen MR) is 118 cm³/mol. The van der Waals surface area contributed by atoms with E-state index in [2.05, 4.69) is 4.72 Å². The Morgan fingerprint density at radius 3 is 2.69 bits per heavy atom. The molecule has 0 saturated carbocycles. The highest BCUT2D eigenvalue weighted by molar-refractivity contribution is 7.91. The van der Waals surface area contributed by atoms with Gasteiger partial charge >= 0.3 is 0 Å². The number of benzene rings is 3. The van der Waals surface area contributed by atoms with Crippen molar-refractivity contribution in [3.63, 3.8) is 0 Å². The fraction of sp³-hybridized carbons (Fsp3) is 0.261. The number of aryl methyl sites for hydroxylation is 1. The van der Waals surface area contributed by atoms with Gasteiger partial charge in [-0.1, -0.05) is 55.5 Å². The molecule has 1 aliphatic rings. The lowest BCUT2D eigenvalue weighted by molar-refractivity contribution is -0.118. The Labute approximate surface area is 171 Å². The van der Waals surface area contributed by atoms with Gasteiger partial charge in [0.25, 0.3) is 0 Å². The lowest BCUT2D eigenvalue weighted by Crippen LogP contribution is -2.35. The number of fused-ring (bicyclic) bond motifs is 2. The van der Waals surface area contributed by atoms with Crippen LogP contribution in [0.3, 0.4) is 0 Å². The van der Waals surface area contributed by atoms with Crippen molar-refractivity contribution in [2.45, 2.75) is 31.9 Å². The van der Waals surface area contributed by atoms with E-state index in [1.54, 1.807) is 17.0 Å². The van der Waals surface area contributed by atoms with Gasteiger partial charge in [-0.15, -0.1) is 0 Å². The zero-order valence-electron chi connectivity index (χ0n) is 16.4. The Bertz CT molecular complexity index is 1170. The molecule has 0 spiro atoms. The standard InChI is InChI=1S/C23H24N2O3S/c1-2-23(26)25-14-6-10-18-12-13-20(15-22(18)25)24-29(27,28)16-19-9-5-8-17-7-3-4-11-21(17)19/h3-5,7-9,11-13,15,24H,2,6,10,14,16H2,1H3. The molecule has 0 saturated heterocycles. The second-order valence-corrected chi connectivity index (χ2v) is 9.07. The zero-order chi connectivity index (χ0) is 20.4. The van der Waals surface area contributed by atoms with Crippen LogP contribution < -0.4 is 9.62 Å². The van der Waals surface area contributed by atoms with Gasteiger partial charge in [0, 0.05) is 18.7 Å². The van der Waals surface area contributed by atoms with E-state index >= 15 is 0 Å². The van der Waals surface area contributed by atoms with Crippen molar-refractivity contribution in [2.75, 3.05) is 16.2 Å². The van der Waals surface area contributed by atoms with E-state index in [9.17, 15) is 13.2 Å². The summed E-state index contributed by atoms with van der Waals surface area (Å²) >= 11 is 0. The van der Waals surface area contributed by atoms with E-state index in [-0.39, 0.29) is 11.7 Å². The molecule has 1 amide bonds. The Hall–Kier alpha value is -2.86. The van der Waals surface area contributed by atoms with E-state index in [1.165, 1.54) is 0 Å². The molecule has 6 heteroatoms. The number of anilines is 2. The summed E-state index contributed by atoms with van der Waals surface area (Å²) in [7, 11) is -3.60. The number of hydrogen-bond acceptors (Lipinski definition) is 3. The normalized spacial score (nSPS) is 13.9. The molecule has 0 fully saturated rings. The van der Waals surface area contributed by atoms with Crippen molar-refractivity contribution in [3.05, 3.63) is 71.8 Å². The van der Waals surface area contributed by atoms with Crippen LogP contribution in [0, 0.1) is 0 Å². The van der Waals surface area contributed by atoms with Gasteiger partial charge in [0.05, 0.1) is 11.4 Å². The lowest BCUT2D eigenvalue weighted by atomic mass is 10.0. The molecule has 4 rings (SSSR count). The fourth-order valence-electron chi connectivity index (χ4n) is 3.93. The highest BCUT2D eigenvalue weighted by Gasteiger charge is 2.22. The molecule has 0 aliphatic carbocycles.